The third kappa shape index (κ3) is 8.80. The zero-order valence-electron chi connectivity index (χ0n) is 23.6. The minimum Gasteiger partial charge on any atom is -0.444 e. The van der Waals surface area contributed by atoms with Crippen LogP contribution in [-0.2, 0) is 14.3 Å². The molecule has 0 spiro atoms. The Kier molecular flexibility index (Phi) is 11.0. The van der Waals surface area contributed by atoms with Crippen molar-refractivity contribution in [1.82, 2.24) is 15.5 Å². The number of hydrogen-bond donors (Lipinski definition) is 2. The summed E-state index contributed by atoms with van der Waals surface area (Å²) in [5, 5.41) is 6.00. The maximum absolute atomic E-state index is 14.2. The van der Waals surface area contributed by atoms with Gasteiger partial charge in [0, 0.05) is 17.6 Å². The molecule has 7 heteroatoms. The SMILES string of the molecule is C#Cc1ccc(C(C(=O)NC2CCCCC2)N(C(=O)C(NC(=O)OC(C)(C)C)C(C)CC)C(C)C)cc1. The molecule has 37 heavy (non-hydrogen) atoms. The number of terminal acetylenes is 1. The highest BCUT2D eigenvalue weighted by Crippen LogP contribution is 2.28. The fourth-order valence-corrected chi connectivity index (χ4v) is 4.69. The maximum atomic E-state index is 14.2. The first-order valence-corrected chi connectivity index (χ1v) is 13.6. The summed E-state index contributed by atoms with van der Waals surface area (Å²) in [6.45, 7) is 13.0. The lowest BCUT2D eigenvalue weighted by Crippen LogP contribution is -2.57. The summed E-state index contributed by atoms with van der Waals surface area (Å²) in [5.74, 6) is 1.89. The number of benzene rings is 1. The molecule has 1 aromatic rings. The van der Waals surface area contributed by atoms with E-state index in [0.717, 1.165) is 25.7 Å². The van der Waals surface area contributed by atoms with E-state index in [0.29, 0.717) is 17.5 Å². The van der Waals surface area contributed by atoms with Gasteiger partial charge in [0.05, 0.1) is 0 Å². The minimum atomic E-state index is -0.867. The van der Waals surface area contributed by atoms with Crippen molar-refractivity contribution in [1.29, 1.82) is 0 Å². The topological polar surface area (TPSA) is 87.7 Å². The first-order chi connectivity index (χ1) is 17.4. The van der Waals surface area contributed by atoms with E-state index in [9.17, 15) is 14.4 Å². The van der Waals surface area contributed by atoms with E-state index in [4.69, 9.17) is 11.2 Å². The number of alkyl carbamates (subject to hydrolysis) is 1. The molecule has 3 amide bonds. The molecule has 3 atom stereocenters. The van der Waals surface area contributed by atoms with Crippen molar-refractivity contribution in [3.05, 3.63) is 35.4 Å². The summed E-state index contributed by atoms with van der Waals surface area (Å²) in [4.78, 5) is 42.3. The molecule has 2 rings (SSSR count). The van der Waals surface area contributed by atoms with Crippen molar-refractivity contribution in [2.45, 2.75) is 117 Å². The second-order valence-corrected chi connectivity index (χ2v) is 11.4. The Labute approximate surface area is 223 Å². The second kappa shape index (κ2) is 13.5. The summed E-state index contributed by atoms with van der Waals surface area (Å²) in [6.07, 6.45) is 10.7. The van der Waals surface area contributed by atoms with E-state index in [1.54, 1.807) is 37.8 Å². The second-order valence-electron chi connectivity index (χ2n) is 11.4. The third-order valence-electron chi connectivity index (χ3n) is 6.83. The molecule has 0 bridgehead atoms. The molecule has 2 N–H and O–H groups in total. The fourth-order valence-electron chi connectivity index (χ4n) is 4.69. The van der Waals surface area contributed by atoms with Gasteiger partial charge in [-0.05, 0) is 71.1 Å². The number of nitrogens with one attached hydrogen (secondary N) is 2. The summed E-state index contributed by atoms with van der Waals surface area (Å²) in [7, 11) is 0. The van der Waals surface area contributed by atoms with Crippen LogP contribution < -0.4 is 10.6 Å². The van der Waals surface area contributed by atoms with Gasteiger partial charge >= 0.3 is 6.09 Å². The van der Waals surface area contributed by atoms with Gasteiger partial charge in [-0.1, -0.05) is 57.6 Å². The Bertz CT molecular complexity index is 953. The lowest BCUT2D eigenvalue weighted by molar-refractivity contribution is -0.146. The largest absolute Gasteiger partial charge is 0.444 e. The van der Waals surface area contributed by atoms with Crippen LogP contribution in [0.15, 0.2) is 24.3 Å². The van der Waals surface area contributed by atoms with Gasteiger partial charge in [-0.2, -0.15) is 0 Å². The molecule has 1 fully saturated rings. The standard InChI is InChI=1S/C30H45N3O4/c1-9-21(5)25(32-29(36)37-30(6,7)8)28(35)33(20(3)4)26(23-18-16-22(10-2)17-19-23)27(34)31-24-14-12-11-13-15-24/h2,16-21,24-26H,9,11-15H2,1,3-8H3,(H,31,34)(H,32,36). The van der Waals surface area contributed by atoms with Crippen LogP contribution in [0.4, 0.5) is 4.79 Å². The predicted octanol–water partition coefficient (Wildman–Crippen LogP) is 5.33. The van der Waals surface area contributed by atoms with E-state index in [1.807, 2.05) is 39.8 Å². The first-order valence-electron chi connectivity index (χ1n) is 13.6. The van der Waals surface area contributed by atoms with E-state index >= 15 is 0 Å². The van der Waals surface area contributed by atoms with Gasteiger partial charge in [0.1, 0.15) is 17.7 Å². The molecule has 0 saturated heterocycles. The predicted molar refractivity (Wildman–Crippen MR) is 147 cm³/mol. The van der Waals surface area contributed by atoms with Gasteiger partial charge < -0.3 is 20.3 Å². The zero-order valence-corrected chi connectivity index (χ0v) is 23.6. The number of amides is 3. The van der Waals surface area contributed by atoms with Gasteiger partial charge in [-0.25, -0.2) is 4.79 Å². The molecule has 0 aromatic heterocycles. The summed E-state index contributed by atoms with van der Waals surface area (Å²) in [6, 6.07) is 5.24. The number of hydrogen-bond acceptors (Lipinski definition) is 4. The summed E-state index contributed by atoms with van der Waals surface area (Å²) >= 11 is 0. The maximum Gasteiger partial charge on any atom is 0.408 e. The van der Waals surface area contributed by atoms with Crippen molar-refractivity contribution in [2.24, 2.45) is 5.92 Å². The number of carbonyl (C=O) groups is 3. The summed E-state index contributed by atoms with van der Waals surface area (Å²) < 4.78 is 5.45. The number of ether oxygens (including phenoxy) is 1. The van der Waals surface area contributed by atoms with Crippen LogP contribution in [0.1, 0.15) is 104 Å². The molecule has 3 unspecified atom stereocenters. The van der Waals surface area contributed by atoms with Gasteiger partial charge in [0.15, 0.2) is 0 Å². The Morgan fingerprint density at radius 3 is 2.16 bits per heavy atom. The van der Waals surface area contributed by atoms with Crippen molar-refractivity contribution < 1.29 is 19.1 Å². The highest BCUT2D eigenvalue weighted by molar-refractivity contribution is 5.92. The quantitative estimate of drug-likeness (QED) is 0.439. The number of rotatable bonds is 9. The van der Waals surface area contributed by atoms with Crippen molar-refractivity contribution in [3.63, 3.8) is 0 Å². The normalized spacial score (nSPS) is 16.7. The highest BCUT2D eigenvalue weighted by atomic mass is 16.6. The van der Waals surface area contributed by atoms with E-state index < -0.39 is 23.8 Å². The van der Waals surface area contributed by atoms with Crippen molar-refractivity contribution in [3.8, 4) is 12.3 Å². The van der Waals surface area contributed by atoms with Crippen LogP contribution >= 0.6 is 0 Å². The van der Waals surface area contributed by atoms with E-state index in [1.165, 1.54) is 6.42 Å². The Hall–Kier alpha value is -3.01. The highest BCUT2D eigenvalue weighted by Gasteiger charge is 2.40. The Morgan fingerprint density at radius 2 is 1.68 bits per heavy atom. The molecular formula is C30H45N3O4. The van der Waals surface area contributed by atoms with Crippen molar-refractivity contribution in [2.75, 3.05) is 0 Å². The minimum absolute atomic E-state index is 0.0862. The Morgan fingerprint density at radius 1 is 1.08 bits per heavy atom. The molecule has 0 radical (unpaired) electrons. The molecule has 1 aromatic carbocycles. The molecule has 204 valence electrons. The molecule has 1 aliphatic rings. The van der Waals surface area contributed by atoms with E-state index in [-0.39, 0.29) is 29.8 Å². The van der Waals surface area contributed by atoms with Gasteiger partial charge in [-0.3, -0.25) is 9.59 Å². The smallest absolute Gasteiger partial charge is 0.408 e. The van der Waals surface area contributed by atoms with Crippen LogP contribution in [0.3, 0.4) is 0 Å². The van der Waals surface area contributed by atoms with Crippen LogP contribution in [0.2, 0.25) is 0 Å². The molecule has 7 nitrogen and oxygen atoms in total. The number of carbonyl (C=O) groups excluding carboxylic acids is 3. The lowest BCUT2D eigenvalue weighted by Gasteiger charge is -2.39. The van der Waals surface area contributed by atoms with Gasteiger partial charge in [0.25, 0.3) is 0 Å². The number of nitrogens with zero attached hydrogens (tertiary/aromatic N) is 1. The third-order valence-corrected chi connectivity index (χ3v) is 6.83. The molecular weight excluding hydrogens is 466 g/mol. The zero-order chi connectivity index (χ0) is 27.8. The molecule has 1 saturated carbocycles. The van der Waals surface area contributed by atoms with Gasteiger partial charge in [0.2, 0.25) is 11.8 Å². The van der Waals surface area contributed by atoms with Crippen LogP contribution in [0, 0.1) is 18.3 Å². The molecule has 0 heterocycles. The average Bonchev–Trinajstić information content (AvgIpc) is 2.84. The lowest BCUT2D eigenvalue weighted by atomic mass is 9.93. The van der Waals surface area contributed by atoms with Crippen LogP contribution in [0.5, 0.6) is 0 Å². The summed E-state index contributed by atoms with van der Waals surface area (Å²) in [5.41, 5.74) is 0.669. The monoisotopic (exact) mass is 511 g/mol. The molecule has 0 aliphatic heterocycles. The van der Waals surface area contributed by atoms with Gasteiger partial charge in [-0.15, -0.1) is 6.42 Å². The molecule has 1 aliphatic carbocycles. The fraction of sp³-hybridized carbons (Fsp3) is 0.633. The first kappa shape index (κ1) is 30.2. The average molecular weight is 512 g/mol. The van der Waals surface area contributed by atoms with Crippen LogP contribution in [-0.4, -0.2) is 46.5 Å². The Balaban J connectivity index is 2.47. The van der Waals surface area contributed by atoms with Crippen LogP contribution in [0.25, 0.3) is 0 Å². The van der Waals surface area contributed by atoms with Crippen molar-refractivity contribution >= 4 is 17.9 Å². The van der Waals surface area contributed by atoms with E-state index in [2.05, 4.69) is 16.6 Å².